The third-order valence-electron chi connectivity index (χ3n) is 2.77. The molecule has 0 spiro atoms. The van der Waals surface area contributed by atoms with E-state index in [1.807, 2.05) is 44.2 Å². The van der Waals surface area contributed by atoms with Gasteiger partial charge in [-0.05, 0) is 44.2 Å². The van der Waals surface area contributed by atoms with Crippen LogP contribution < -0.4 is 9.47 Å². The minimum Gasteiger partial charge on any atom is -0.494 e. The van der Waals surface area contributed by atoms with E-state index in [1.54, 1.807) is 11.3 Å². The Morgan fingerprint density at radius 2 is 1.85 bits per heavy atom. The summed E-state index contributed by atoms with van der Waals surface area (Å²) >= 11 is 1.63. The van der Waals surface area contributed by atoms with E-state index in [4.69, 9.17) is 9.47 Å². The number of ether oxygens (including phenoxy) is 2. The van der Waals surface area contributed by atoms with Gasteiger partial charge in [0.1, 0.15) is 22.7 Å². The Labute approximate surface area is 121 Å². The van der Waals surface area contributed by atoms with Crippen LogP contribution in [0.25, 0.3) is 10.2 Å². The van der Waals surface area contributed by atoms with Crippen LogP contribution in [-0.2, 0) is 0 Å². The summed E-state index contributed by atoms with van der Waals surface area (Å²) in [5.74, 6) is 2.15. The predicted molar refractivity (Wildman–Crippen MR) is 79.8 cm³/mol. The largest absolute Gasteiger partial charge is 0.494 e. The molecule has 0 atom stereocenters. The standard InChI is InChI=1S/C15H14N2O2S/c1-3-18-11-4-6-12(7-5-11)19-14-13-8-10(2)20-15(13)17-9-16-14/h4-9H,3H2,1-2H3. The van der Waals surface area contributed by atoms with Crippen LogP contribution >= 0.6 is 11.3 Å². The van der Waals surface area contributed by atoms with Crippen molar-refractivity contribution in [3.63, 3.8) is 0 Å². The van der Waals surface area contributed by atoms with Crippen LogP contribution in [0.1, 0.15) is 11.8 Å². The van der Waals surface area contributed by atoms with E-state index >= 15 is 0 Å². The van der Waals surface area contributed by atoms with Gasteiger partial charge >= 0.3 is 0 Å². The molecule has 0 aliphatic rings. The number of hydrogen-bond acceptors (Lipinski definition) is 5. The van der Waals surface area contributed by atoms with Crippen molar-refractivity contribution in [2.24, 2.45) is 0 Å². The average molecular weight is 286 g/mol. The highest BCUT2D eigenvalue weighted by Gasteiger charge is 2.09. The summed E-state index contributed by atoms with van der Waals surface area (Å²) in [5, 5.41) is 0.948. The minimum atomic E-state index is 0.587. The molecule has 3 aromatic rings. The molecule has 3 rings (SSSR count). The highest BCUT2D eigenvalue weighted by molar-refractivity contribution is 7.18. The van der Waals surface area contributed by atoms with E-state index in [2.05, 4.69) is 9.97 Å². The lowest BCUT2D eigenvalue weighted by Crippen LogP contribution is -1.92. The van der Waals surface area contributed by atoms with Crippen LogP contribution in [0, 0.1) is 6.92 Å². The van der Waals surface area contributed by atoms with E-state index in [9.17, 15) is 0 Å². The normalized spacial score (nSPS) is 10.7. The summed E-state index contributed by atoms with van der Waals surface area (Å²) in [6.45, 7) is 4.66. The summed E-state index contributed by atoms with van der Waals surface area (Å²) in [7, 11) is 0. The molecular weight excluding hydrogens is 272 g/mol. The summed E-state index contributed by atoms with van der Waals surface area (Å²) in [4.78, 5) is 10.6. The lowest BCUT2D eigenvalue weighted by molar-refractivity contribution is 0.339. The fourth-order valence-corrected chi connectivity index (χ4v) is 2.76. The molecule has 0 N–H and O–H groups in total. The fraction of sp³-hybridized carbons (Fsp3) is 0.200. The number of aromatic nitrogens is 2. The summed E-state index contributed by atoms with van der Waals surface area (Å²) in [5.41, 5.74) is 0. The minimum absolute atomic E-state index is 0.587. The second-order valence-electron chi connectivity index (χ2n) is 4.26. The molecule has 0 saturated heterocycles. The molecule has 1 aromatic carbocycles. The molecule has 0 fully saturated rings. The molecule has 2 heterocycles. The molecule has 0 saturated carbocycles. The van der Waals surface area contributed by atoms with Crippen molar-refractivity contribution < 1.29 is 9.47 Å². The van der Waals surface area contributed by atoms with E-state index in [1.165, 1.54) is 11.2 Å². The molecule has 0 unspecified atom stereocenters. The van der Waals surface area contributed by atoms with Crippen LogP contribution in [0.2, 0.25) is 0 Å². The van der Waals surface area contributed by atoms with Crippen molar-refractivity contribution in [2.75, 3.05) is 6.61 Å². The molecule has 2 aromatic heterocycles. The SMILES string of the molecule is CCOc1ccc(Oc2ncnc3sc(C)cc23)cc1. The van der Waals surface area contributed by atoms with Gasteiger partial charge in [0.15, 0.2) is 0 Å². The lowest BCUT2D eigenvalue weighted by atomic mass is 10.3. The Hall–Kier alpha value is -2.14. The zero-order valence-electron chi connectivity index (χ0n) is 11.3. The first-order valence-electron chi connectivity index (χ1n) is 6.38. The van der Waals surface area contributed by atoms with E-state index in [0.717, 1.165) is 21.7 Å². The van der Waals surface area contributed by atoms with Crippen molar-refractivity contribution in [1.82, 2.24) is 9.97 Å². The van der Waals surface area contributed by atoms with E-state index < -0.39 is 0 Å². The van der Waals surface area contributed by atoms with Crippen molar-refractivity contribution in [2.45, 2.75) is 13.8 Å². The number of benzene rings is 1. The van der Waals surface area contributed by atoms with Gasteiger partial charge in [0.05, 0.1) is 12.0 Å². The van der Waals surface area contributed by atoms with Gasteiger partial charge in [0.2, 0.25) is 5.88 Å². The molecule has 5 heteroatoms. The van der Waals surface area contributed by atoms with Crippen molar-refractivity contribution >= 4 is 21.6 Å². The van der Waals surface area contributed by atoms with Crippen molar-refractivity contribution in [3.05, 3.63) is 41.5 Å². The first-order chi connectivity index (χ1) is 9.76. The average Bonchev–Trinajstić information content (AvgIpc) is 2.83. The molecule has 102 valence electrons. The third-order valence-corrected chi connectivity index (χ3v) is 3.72. The van der Waals surface area contributed by atoms with Crippen LogP contribution in [0.3, 0.4) is 0 Å². The highest BCUT2D eigenvalue weighted by atomic mass is 32.1. The number of aryl methyl sites for hydroxylation is 1. The van der Waals surface area contributed by atoms with Crippen LogP contribution in [0.5, 0.6) is 17.4 Å². The van der Waals surface area contributed by atoms with E-state index in [-0.39, 0.29) is 0 Å². The van der Waals surface area contributed by atoms with Gasteiger partial charge in [-0.1, -0.05) is 0 Å². The molecule has 0 amide bonds. The van der Waals surface area contributed by atoms with Gasteiger partial charge in [0, 0.05) is 4.88 Å². The third kappa shape index (κ3) is 2.58. The van der Waals surface area contributed by atoms with Crippen LogP contribution in [0.4, 0.5) is 0 Å². The first kappa shape index (κ1) is 12.9. The second kappa shape index (κ2) is 5.46. The summed E-state index contributed by atoms with van der Waals surface area (Å²) < 4.78 is 11.2. The zero-order chi connectivity index (χ0) is 13.9. The Balaban J connectivity index is 1.88. The maximum Gasteiger partial charge on any atom is 0.231 e. The molecule has 0 aliphatic carbocycles. The quantitative estimate of drug-likeness (QED) is 0.721. The summed E-state index contributed by atoms with van der Waals surface area (Å²) in [6.07, 6.45) is 1.53. The van der Waals surface area contributed by atoms with Crippen molar-refractivity contribution in [3.8, 4) is 17.4 Å². The van der Waals surface area contributed by atoms with E-state index in [0.29, 0.717) is 12.5 Å². The topological polar surface area (TPSA) is 44.2 Å². The summed E-state index contributed by atoms with van der Waals surface area (Å²) in [6, 6.07) is 9.56. The maximum absolute atomic E-state index is 5.84. The lowest BCUT2D eigenvalue weighted by Gasteiger charge is -2.07. The maximum atomic E-state index is 5.84. The van der Waals surface area contributed by atoms with Gasteiger partial charge in [-0.2, -0.15) is 0 Å². The van der Waals surface area contributed by atoms with Gasteiger partial charge in [0.25, 0.3) is 0 Å². The monoisotopic (exact) mass is 286 g/mol. The molecule has 0 radical (unpaired) electrons. The Bertz CT molecular complexity index is 722. The Kier molecular flexibility index (Phi) is 3.52. The zero-order valence-corrected chi connectivity index (χ0v) is 12.1. The molecule has 4 nitrogen and oxygen atoms in total. The van der Waals surface area contributed by atoms with Gasteiger partial charge in [-0.3, -0.25) is 0 Å². The van der Waals surface area contributed by atoms with Crippen molar-refractivity contribution in [1.29, 1.82) is 0 Å². The second-order valence-corrected chi connectivity index (χ2v) is 5.50. The molecule has 0 aliphatic heterocycles. The van der Waals surface area contributed by atoms with Gasteiger partial charge < -0.3 is 9.47 Å². The molecular formula is C15H14N2O2S. The van der Waals surface area contributed by atoms with Gasteiger partial charge in [-0.15, -0.1) is 11.3 Å². The Morgan fingerprint density at radius 3 is 2.60 bits per heavy atom. The number of fused-ring (bicyclic) bond motifs is 1. The van der Waals surface area contributed by atoms with Gasteiger partial charge in [-0.25, -0.2) is 9.97 Å². The number of hydrogen-bond donors (Lipinski definition) is 0. The number of thiophene rings is 1. The smallest absolute Gasteiger partial charge is 0.231 e. The fourth-order valence-electron chi connectivity index (χ4n) is 1.92. The number of nitrogens with zero attached hydrogens (tertiary/aromatic N) is 2. The molecule has 0 bridgehead atoms. The number of rotatable bonds is 4. The van der Waals surface area contributed by atoms with Crippen LogP contribution in [0.15, 0.2) is 36.7 Å². The predicted octanol–water partition coefficient (Wildman–Crippen LogP) is 4.19. The highest BCUT2D eigenvalue weighted by Crippen LogP contribution is 2.32. The first-order valence-corrected chi connectivity index (χ1v) is 7.20. The van der Waals surface area contributed by atoms with Crippen LogP contribution in [-0.4, -0.2) is 16.6 Å². The Morgan fingerprint density at radius 1 is 1.10 bits per heavy atom. The molecule has 20 heavy (non-hydrogen) atoms.